The quantitative estimate of drug-likeness (QED) is 0.861. The zero-order chi connectivity index (χ0) is 17.9. The van der Waals surface area contributed by atoms with E-state index in [2.05, 4.69) is 12.1 Å². The van der Waals surface area contributed by atoms with Crippen LogP contribution in [0.1, 0.15) is 37.7 Å². The van der Waals surface area contributed by atoms with Gasteiger partial charge in [0.2, 0.25) is 5.91 Å². The first kappa shape index (κ1) is 17.9. The standard InChI is InChI=1S/C20H27NO4/c1-25-15-20(18(23)24)11-6-12-21(14-20)17(22)19(9-5-10-19)13-16-7-3-2-4-8-16/h2-4,7-8H,5-6,9-15H2,1H3,(H,23,24). The number of benzene rings is 1. The lowest BCUT2D eigenvalue weighted by Crippen LogP contribution is -2.57. The molecule has 3 rings (SSSR count). The summed E-state index contributed by atoms with van der Waals surface area (Å²) < 4.78 is 5.18. The SMILES string of the molecule is COCC1(C(=O)O)CCCN(C(=O)C2(Cc3ccccc3)CCC2)C1. The number of carbonyl (C=O) groups excluding carboxylic acids is 1. The second kappa shape index (κ2) is 7.16. The van der Waals surface area contributed by atoms with Gasteiger partial charge in [0.25, 0.3) is 0 Å². The number of amides is 1. The lowest BCUT2D eigenvalue weighted by molar-refractivity contribution is -0.163. The Bertz CT molecular complexity index is 622. The number of ether oxygens (including phenoxy) is 1. The molecule has 0 radical (unpaired) electrons. The molecule has 0 spiro atoms. The Balaban J connectivity index is 1.77. The van der Waals surface area contributed by atoms with Crippen LogP contribution in [0.4, 0.5) is 0 Å². The van der Waals surface area contributed by atoms with Crippen LogP contribution in [0.15, 0.2) is 30.3 Å². The van der Waals surface area contributed by atoms with E-state index in [1.165, 1.54) is 12.7 Å². The molecule has 25 heavy (non-hydrogen) atoms. The van der Waals surface area contributed by atoms with Crippen LogP contribution in [0.2, 0.25) is 0 Å². The lowest BCUT2D eigenvalue weighted by Gasteiger charge is -2.47. The van der Waals surface area contributed by atoms with Crippen LogP contribution < -0.4 is 0 Å². The monoisotopic (exact) mass is 345 g/mol. The van der Waals surface area contributed by atoms with E-state index < -0.39 is 11.4 Å². The number of aliphatic carboxylic acids is 1. The zero-order valence-electron chi connectivity index (χ0n) is 14.9. The van der Waals surface area contributed by atoms with Crippen molar-refractivity contribution in [2.24, 2.45) is 10.8 Å². The summed E-state index contributed by atoms with van der Waals surface area (Å²) in [5, 5.41) is 9.71. The summed E-state index contributed by atoms with van der Waals surface area (Å²) in [5.41, 5.74) is -0.148. The van der Waals surface area contributed by atoms with Gasteiger partial charge >= 0.3 is 5.97 Å². The van der Waals surface area contributed by atoms with Crippen LogP contribution in [0.5, 0.6) is 0 Å². The van der Waals surface area contributed by atoms with E-state index in [9.17, 15) is 14.7 Å². The maximum Gasteiger partial charge on any atom is 0.313 e. The molecule has 0 aromatic heterocycles. The molecular formula is C20H27NO4. The third-order valence-corrected chi connectivity index (χ3v) is 5.89. The number of carboxylic acids is 1. The summed E-state index contributed by atoms with van der Waals surface area (Å²) in [7, 11) is 1.52. The summed E-state index contributed by atoms with van der Waals surface area (Å²) >= 11 is 0. The lowest BCUT2D eigenvalue weighted by atomic mass is 9.64. The number of piperidine rings is 1. The third kappa shape index (κ3) is 3.43. The van der Waals surface area contributed by atoms with Crippen molar-refractivity contribution in [1.29, 1.82) is 0 Å². The first-order chi connectivity index (χ1) is 12.0. The molecule has 2 fully saturated rings. The minimum atomic E-state index is -0.972. The van der Waals surface area contributed by atoms with Gasteiger partial charge in [-0.3, -0.25) is 9.59 Å². The van der Waals surface area contributed by atoms with Crippen molar-refractivity contribution in [3.63, 3.8) is 0 Å². The van der Waals surface area contributed by atoms with Crippen molar-refractivity contribution in [2.45, 2.75) is 38.5 Å². The molecule has 1 aliphatic heterocycles. The Labute approximate surface area is 149 Å². The van der Waals surface area contributed by atoms with Gasteiger partial charge in [0, 0.05) is 20.2 Å². The van der Waals surface area contributed by atoms with E-state index in [0.29, 0.717) is 19.4 Å². The number of methoxy groups -OCH3 is 1. The molecule has 1 N–H and O–H groups in total. The number of likely N-dealkylation sites (tertiary alicyclic amines) is 1. The summed E-state index contributed by atoms with van der Waals surface area (Å²) in [4.78, 5) is 26.9. The smallest absolute Gasteiger partial charge is 0.313 e. The van der Waals surface area contributed by atoms with E-state index in [4.69, 9.17) is 4.74 Å². The molecule has 0 bridgehead atoms. The van der Waals surface area contributed by atoms with Gasteiger partial charge < -0.3 is 14.7 Å². The van der Waals surface area contributed by atoms with E-state index >= 15 is 0 Å². The number of hydrogen-bond donors (Lipinski definition) is 1. The second-order valence-electron chi connectivity index (χ2n) is 7.65. The molecule has 1 aromatic carbocycles. The largest absolute Gasteiger partial charge is 0.481 e. The second-order valence-corrected chi connectivity index (χ2v) is 7.65. The van der Waals surface area contributed by atoms with Gasteiger partial charge in [-0.15, -0.1) is 0 Å². The minimum Gasteiger partial charge on any atom is -0.481 e. The van der Waals surface area contributed by atoms with Crippen molar-refractivity contribution in [3.8, 4) is 0 Å². The topological polar surface area (TPSA) is 66.8 Å². The Morgan fingerprint density at radius 2 is 1.80 bits per heavy atom. The molecule has 1 aromatic rings. The first-order valence-corrected chi connectivity index (χ1v) is 9.07. The van der Waals surface area contributed by atoms with E-state index in [1.807, 2.05) is 18.2 Å². The number of rotatable bonds is 6. The highest BCUT2D eigenvalue weighted by Crippen LogP contribution is 2.46. The Morgan fingerprint density at radius 1 is 1.12 bits per heavy atom. The molecule has 136 valence electrons. The Hall–Kier alpha value is -1.88. The average Bonchev–Trinajstić information content (AvgIpc) is 2.59. The van der Waals surface area contributed by atoms with Gasteiger partial charge in [-0.2, -0.15) is 0 Å². The molecular weight excluding hydrogens is 318 g/mol. The summed E-state index contributed by atoms with van der Waals surface area (Å²) in [6, 6.07) is 10.1. The van der Waals surface area contributed by atoms with Gasteiger partial charge in [0.1, 0.15) is 5.41 Å². The van der Waals surface area contributed by atoms with Crippen molar-refractivity contribution in [2.75, 3.05) is 26.8 Å². The number of carbonyl (C=O) groups is 2. The minimum absolute atomic E-state index is 0.129. The fraction of sp³-hybridized carbons (Fsp3) is 0.600. The van der Waals surface area contributed by atoms with Gasteiger partial charge in [-0.25, -0.2) is 0 Å². The van der Waals surface area contributed by atoms with Crippen molar-refractivity contribution < 1.29 is 19.4 Å². The Kier molecular flexibility index (Phi) is 5.13. The number of carboxylic acid groups (broad SMARTS) is 1. The number of hydrogen-bond acceptors (Lipinski definition) is 3. The van der Waals surface area contributed by atoms with Crippen LogP contribution >= 0.6 is 0 Å². The first-order valence-electron chi connectivity index (χ1n) is 9.07. The van der Waals surface area contributed by atoms with Gasteiger partial charge in [0.05, 0.1) is 12.0 Å². The highest BCUT2D eigenvalue weighted by Gasteiger charge is 2.50. The van der Waals surface area contributed by atoms with Crippen LogP contribution in [-0.2, 0) is 20.7 Å². The van der Waals surface area contributed by atoms with Crippen LogP contribution in [0.3, 0.4) is 0 Å². The van der Waals surface area contributed by atoms with Gasteiger partial charge in [-0.05, 0) is 37.7 Å². The molecule has 1 saturated carbocycles. The van der Waals surface area contributed by atoms with Crippen molar-refractivity contribution in [1.82, 2.24) is 4.90 Å². The highest BCUT2D eigenvalue weighted by atomic mass is 16.5. The predicted octanol–water partition coefficient (Wildman–Crippen LogP) is 2.74. The molecule has 1 unspecified atom stereocenters. The zero-order valence-corrected chi connectivity index (χ0v) is 14.9. The van der Waals surface area contributed by atoms with Crippen molar-refractivity contribution >= 4 is 11.9 Å². The third-order valence-electron chi connectivity index (χ3n) is 5.89. The average molecular weight is 345 g/mol. The number of nitrogens with zero attached hydrogens (tertiary/aromatic N) is 1. The van der Waals surface area contributed by atoms with Crippen LogP contribution in [-0.4, -0.2) is 48.7 Å². The fourth-order valence-electron chi connectivity index (χ4n) is 4.33. The molecule has 1 amide bonds. The van der Waals surface area contributed by atoms with E-state index in [1.54, 1.807) is 4.90 Å². The normalized spacial score (nSPS) is 25.2. The summed E-state index contributed by atoms with van der Waals surface area (Å²) in [5.74, 6) is -0.735. The maximum absolute atomic E-state index is 13.3. The fourth-order valence-corrected chi connectivity index (χ4v) is 4.33. The molecule has 2 aliphatic rings. The van der Waals surface area contributed by atoms with Crippen molar-refractivity contribution in [3.05, 3.63) is 35.9 Å². The molecule has 5 heteroatoms. The molecule has 1 heterocycles. The van der Waals surface area contributed by atoms with E-state index in [-0.39, 0.29) is 24.5 Å². The molecule has 1 aliphatic carbocycles. The predicted molar refractivity (Wildman–Crippen MR) is 94.2 cm³/mol. The Morgan fingerprint density at radius 3 is 2.36 bits per heavy atom. The van der Waals surface area contributed by atoms with Gasteiger partial charge in [0.15, 0.2) is 0 Å². The molecule has 1 saturated heterocycles. The summed E-state index contributed by atoms with van der Waals surface area (Å²) in [6.07, 6.45) is 4.86. The van der Waals surface area contributed by atoms with Gasteiger partial charge in [-0.1, -0.05) is 36.8 Å². The van der Waals surface area contributed by atoms with Crippen LogP contribution in [0, 0.1) is 10.8 Å². The maximum atomic E-state index is 13.3. The van der Waals surface area contributed by atoms with E-state index in [0.717, 1.165) is 25.7 Å². The highest BCUT2D eigenvalue weighted by molar-refractivity contribution is 5.85. The summed E-state index contributed by atoms with van der Waals surface area (Å²) in [6.45, 7) is 1.05. The molecule has 1 atom stereocenters. The molecule has 5 nitrogen and oxygen atoms in total. The van der Waals surface area contributed by atoms with Crippen LogP contribution in [0.25, 0.3) is 0 Å².